The van der Waals surface area contributed by atoms with E-state index in [2.05, 4.69) is 20.6 Å². The average molecular weight is 349 g/mol. The Morgan fingerprint density at radius 1 is 1.12 bits per heavy atom. The lowest BCUT2D eigenvalue weighted by Gasteiger charge is -2.18. The largest absolute Gasteiger partial charge is 0.349 e. The van der Waals surface area contributed by atoms with Crippen LogP contribution in [0.3, 0.4) is 0 Å². The van der Waals surface area contributed by atoms with Crippen LogP contribution in [0.4, 0.5) is 0 Å². The summed E-state index contributed by atoms with van der Waals surface area (Å²) in [5.41, 5.74) is 3.83. The fourth-order valence-electron chi connectivity index (χ4n) is 3.71. The van der Waals surface area contributed by atoms with Crippen LogP contribution in [0, 0.1) is 6.92 Å². The zero-order valence-corrected chi connectivity index (χ0v) is 15.0. The number of nitrogens with zero attached hydrogens (tertiary/aromatic N) is 4. The van der Waals surface area contributed by atoms with Crippen LogP contribution in [0.25, 0.3) is 16.9 Å². The zero-order chi connectivity index (χ0) is 17.9. The van der Waals surface area contributed by atoms with Gasteiger partial charge in [0.2, 0.25) is 0 Å². The van der Waals surface area contributed by atoms with Gasteiger partial charge in [0, 0.05) is 17.8 Å². The number of carbonyl (C=O) groups excluding carboxylic acids is 1. The summed E-state index contributed by atoms with van der Waals surface area (Å²) in [6, 6.07) is 9.70. The monoisotopic (exact) mass is 349 g/mol. The van der Waals surface area contributed by atoms with Crippen molar-refractivity contribution in [2.75, 3.05) is 0 Å². The predicted molar refractivity (Wildman–Crippen MR) is 100 cm³/mol. The highest BCUT2D eigenvalue weighted by atomic mass is 16.1. The molecule has 0 bridgehead atoms. The van der Waals surface area contributed by atoms with E-state index in [1.54, 1.807) is 10.9 Å². The van der Waals surface area contributed by atoms with Crippen molar-refractivity contribution in [3.63, 3.8) is 0 Å². The number of pyridine rings is 1. The summed E-state index contributed by atoms with van der Waals surface area (Å²) in [7, 11) is 0. The van der Waals surface area contributed by atoms with E-state index in [9.17, 15) is 4.79 Å². The van der Waals surface area contributed by atoms with Gasteiger partial charge >= 0.3 is 0 Å². The van der Waals surface area contributed by atoms with Gasteiger partial charge < -0.3 is 5.32 Å². The van der Waals surface area contributed by atoms with Crippen LogP contribution in [0.5, 0.6) is 0 Å². The molecule has 1 aliphatic carbocycles. The summed E-state index contributed by atoms with van der Waals surface area (Å²) in [5.74, 6) is -0.00590. The second kappa shape index (κ2) is 7.23. The number of aromatic nitrogens is 4. The Hall–Kier alpha value is -2.76. The fraction of sp³-hybridized carbons (Fsp3) is 0.400. The van der Waals surface area contributed by atoms with Gasteiger partial charge in [-0.05, 0) is 49.6 Å². The van der Waals surface area contributed by atoms with Crippen molar-refractivity contribution < 1.29 is 4.79 Å². The Morgan fingerprint density at radius 2 is 1.92 bits per heavy atom. The van der Waals surface area contributed by atoms with Crippen LogP contribution in [0.15, 0.2) is 36.5 Å². The molecule has 1 amide bonds. The molecule has 4 rings (SSSR count). The van der Waals surface area contributed by atoms with Crippen molar-refractivity contribution in [1.82, 2.24) is 25.3 Å². The molecule has 2 aromatic heterocycles. The molecular weight excluding hydrogens is 326 g/mol. The second-order valence-corrected chi connectivity index (χ2v) is 6.96. The lowest BCUT2D eigenvalue weighted by atomic mass is 10.0. The molecule has 1 fully saturated rings. The summed E-state index contributed by atoms with van der Waals surface area (Å²) < 4.78 is 1.70. The molecule has 26 heavy (non-hydrogen) atoms. The quantitative estimate of drug-likeness (QED) is 0.734. The number of nitrogens with one attached hydrogen (secondary N) is 1. The normalized spacial score (nSPS) is 15.7. The SMILES string of the molecule is Cc1c(C(=O)NC2CCCCCC2)cccc1-n1nnc2cccnc21. The van der Waals surface area contributed by atoms with Crippen LogP contribution < -0.4 is 5.32 Å². The maximum atomic E-state index is 12.9. The van der Waals surface area contributed by atoms with E-state index in [1.807, 2.05) is 37.3 Å². The third-order valence-corrected chi connectivity index (χ3v) is 5.18. The first-order valence-corrected chi connectivity index (χ1v) is 9.31. The van der Waals surface area contributed by atoms with E-state index in [-0.39, 0.29) is 11.9 Å². The van der Waals surface area contributed by atoms with Crippen molar-refractivity contribution in [3.8, 4) is 5.69 Å². The summed E-state index contributed by atoms with van der Waals surface area (Å²) in [5, 5.41) is 11.6. The van der Waals surface area contributed by atoms with Gasteiger partial charge in [0.05, 0.1) is 5.69 Å². The topological polar surface area (TPSA) is 72.7 Å². The van der Waals surface area contributed by atoms with Gasteiger partial charge in [-0.25, -0.2) is 4.98 Å². The van der Waals surface area contributed by atoms with Crippen molar-refractivity contribution in [2.24, 2.45) is 0 Å². The standard InChI is InChI=1S/C20H23N5O/c1-14-16(20(26)22-15-8-4-2-3-5-9-15)10-6-12-18(14)25-19-17(23-24-25)11-7-13-21-19/h6-7,10-13,15H,2-5,8-9H2,1H3,(H,22,26). The van der Waals surface area contributed by atoms with Crippen LogP contribution >= 0.6 is 0 Å². The molecule has 0 radical (unpaired) electrons. The highest BCUT2D eigenvalue weighted by Gasteiger charge is 2.19. The number of fused-ring (bicyclic) bond motifs is 1. The van der Waals surface area contributed by atoms with Gasteiger partial charge in [0.15, 0.2) is 5.65 Å². The molecule has 0 unspecified atom stereocenters. The molecule has 0 aliphatic heterocycles. The lowest BCUT2D eigenvalue weighted by Crippen LogP contribution is -2.34. The number of hydrogen-bond donors (Lipinski definition) is 1. The van der Waals surface area contributed by atoms with E-state index >= 15 is 0 Å². The molecule has 6 nitrogen and oxygen atoms in total. The molecule has 0 atom stereocenters. The van der Waals surface area contributed by atoms with Crippen LogP contribution in [0.2, 0.25) is 0 Å². The third-order valence-electron chi connectivity index (χ3n) is 5.18. The number of benzene rings is 1. The number of carbonyl (C=O) groups is 1. The predicted octanol–water partition coefficient (Wildman–Crippen LogP) is 3.58. The third kappa shape index (κ3) is 3.19. The molecule has 1 N–H and O–H groups in total. The Labute approximate surface area is 152 Å². The number of amides is 1. The molecule has 0 spiro atoms. The van der Waals surface area contributed by atoms with Gasteiger partial charge in [-0.15, -0.1) is 5.10 Å². The Morgan fingerprint density at radius 3 is 2.73 bits per heavy atom. The molecule has 1 aliphatic rings. The highest BCUT2D eigenvalue weighted by Crippen LogP contribution is 2.22. The molecule has 2 heterocycles. The van der Waals surface area contributed by atoms with E-state index in [0.29, 0.717) is 11.2 Å². The fourth-order valence-corrected chi connectivity index (χ4v) is 3.71. The Bertz CT molecular complexity index is 925. The first kappa shape index (κ1) is 16.7. The van der Waals surface area contributed by atoms with Gasteiger partial charge in [-0.2, -0.15) is 4.68 Å². The number of hydrogen-bond acceptors (Lipinski definition) is 4. The van der Waals surface area contributed by atoms with E-state index < -0.39 is 0 Å². The minimum Gasteiger partial charge on any atom is -0.349 e. The molecule has 0 saturated heterocycles. The first-order chi connectivity index (χ1) is 12.7. The summed E-state index contributed by atoms with van der Waals surface area (Å²) in [6.45, 7) is 1.95. The molecule has 1 saturated carbocycles. The van der Waals surface area contributed by atoms with Gasteiger partial charge in [0.25, 0.3) is 5.91 Å². The molecule has 1 aromatic carbocycles. The van der Waals surface area contributed by atoms with Crippen molar-refractivity contribution >= 4 is 17.1 Å². The maximum absolute atomic E-state index is 12.9. The zero-order valence-electron chi connectivity index (χ0n) is 15.0. The summed E-state index contributed by atoms with van der Waals surface area (Å²) in [4.78, 5) is 17.2. The minimum atomic E-state index is -0.00590. The Balaban J connectivity index is 1.64. The first-order valence-electron chi connectivity index (χ1n) is 9.31. The Kier molecular flexibility index (Phi) is 4.65. The van der Waals surface area contributed by atoms with Crippen LogP contribution in [0.1, 0.15) is 54.4 Å². The average Bonchev–Trinajstić information content (AvgIpc) is 2.91. The van der Waals surface area contributed by atoms with Crippen molar-refractivity contribution in [3.05, 3.63) is 47.7 Å². The molecule has 134 valence electrons. The molecule has 3 aromatic rings. The lowest BCUT2D eigenvalue weighted by molar-refractivity contribution is 0.0932. The van der Waals surface area contributed by atoms with Crippen LogP contribution in [-0.4, -0.2) is 31.9 Å². The van der Waals surface area contributed by atoms with Gasteiger partial charge in [0.1, 0.15) is 5.52 Å². The van der Waals surface area contributed by atoms with E-state index in [1.165, 1.54) is 25.7 Å². The summed E-state index contributed by atoms with van der Waals surface area (Å²) in [6.07, 6.45) is 8.80. The summed E-state index contributed by atoms with van der Waals surface area (Å²) >= 11 is 0. The highest BCUT2D eigenvalue weighted by molar-refractivity contribution is 5.96. The van der Waals surface area contributed by atoms with E-state index in [0.717, 1.165) is 29.6 Å². The molecule has 6 heteroatoms. The minimum absolute atomic E-state index is 0.00590. The van der Waals surface area contributed by atoms with Crippen LogP contribution in [-0.2, 0) is 0 Å². The maximum Gasteiger partial charge on any atom is 0.251 e. The van der Waals surface area contributed by atoms with Crippen molar-refractivity contribution in [1.29, 1.82) is 0 Å². The van der Waals surface area contributed by atoms with Gasteiger partial charge in [-0.1, -0.05) is 37.0 Å². The van der Waals surface area contributed by atoms with Gasteiger partial charge in [-0.3, -0.25) is 4.79 Å². The number of rotatable bonds is 3. The molecular formula is C20H23N5O. The van der Waals surface area contributed by atoms with E-state index in [4.69, 9.17) is 0 Å². The second-order valence-electron chi connectivity index (χ2n) is 6.96. The smallest absolute Gasteiger partial charge is 0.251 e. The van der Waals surface area contributed by atoms with Crippen molar-refractivity contribution in [2.45, 2.75) is 51.5 Å².